The average molecular weight is 274 g/mol. The summed E-state index contributed by atoms with van der Waals surface area (Å²) >= 11 is 0. The molecule has 1 amide bonds. The van der Waals surface area contributed by atoms with Crippen LogP contribution < -0.4 is 10.6 Å². The Bertz CT molecular complexity index is 515. The number of aryl methyl sites for hydroxylation is 2. The van der Waals surface area contributed by atoms with Gasteiger partial charge in [-0.05, 0) is 49.8 Å². The minimum atomic E-state index is -0.310. The Balaban J connectivity index is 1.82. The van der Waals surface area contributed by atoms with Gasteiger partial charge in [0.2, 0.25) is 0 Å². The van der Waals surface area contributed by atoms with Crippen molar-refractivity contribution in [3.63, 3.8) is 0 Å². The molecule has 0 radical (unpaired) electrons. The van der Waals surface area contributed by atoms with Crippen molar-refractivity contribution in [2.45, 2.75) is 44.8 Å². The summed E-state index contributed by atoms with van der Waals surface area (Å²) in [5.74, 6) is 0.104. The van der Waals surface area contributed by atoms with Gasteiger partial charge >= 0.3 is 0 Å². The summed E-state index contributed by atoms with van der Waals surface area (Å²) in [4.78, 5) is 14.6. The Morgan fingerprint density at radius 1 is 1.45 bits per heavy atom. The monoisotopic (exact) mass is 274 g/mol. The zero-order valence-corrected chi connectivity index (χ0v) is 12.0. The third-order valence-electron chi connectivity index (χ3n) is 4.27. The highest BCUT2D eigenvalue weighted by Gasteiger charge is 2.34. The third kappa shape index (κ3) is 2.45. The van der Waals surface area contributed by atoms with Crippen LogP contribution in [0.15, 0.2) is 18.2 Å². The summed E-state index contributed by atoms with van der Waals surface area (Å²) < 4.78 is 5.75. The van der Waals surface area contributed by atoms with Crippen molar-refractivity contribution in [3.8, 4) is 0 Å². The van der Waals surface area contributed by atoms with Crippen LogP contribution in [0.3, 0.4) is 0 Å². The minimum absolute atomic E-state index is 0.0470. The second-order valence-electron chi connectivity index (χ2n) is 5.79. The number of fused-ring (bicyclic) bond motifs is 1. The van der Waals surface area contributed by atoms with Crippen molar-refractivity contribution in [1.29, 1.82) is 0 Å². The van der Waals surface area contributed by atoms with Crippen molar-refractivity contribution in [1.82, 2.24) is 0 Å². The maximum atomic E-state index is 12.7. The van der Waals surface area contributed by atoms with E-state index in [1.54, 1.807) is 0 Å². The van der Waals surface area contributed by atoms with Crippen LogP contribution in [0.25, 0.3) is 0 Å². The lowest BCUT2D eigenvalue weighted by atomic mass is 9.99. The summed E-state index contributed by atoms with van der Waals surface area (Å²) in [7, 11) is 0. The SMILES string of the molecule is Cc1ccc2c(c1)N(C(=O)[C@@H]1CC[C@H](CN)O1)CCC2. The summed E-state index contributed by atoms with van der Waals surface area (Å²) in [5, 5.41) is 0. The highest BCUT2D eigenvalue weighted by atomic mass is 16.5. The van der Waals surface area contributed by atoms with Crippen molar-refractivity contribution in [2.75, 3.05) is 18.0 Å². The predicted octanol–water partition coefficient (Wildman–Crippen LogP) is 1.78. The fourth-order valence-corrected chi connectivity index (χ4v) is 3.15. The fourth-order valence-electron chi connectivity index (χ4n) is 3.15. The molecule has 1 saturated heterocycles. The maximum Gasteiger partial charge on any atom is 0.256 e. The number of anilines is 1. The topological polar surface area (TPSA) is 55.6 Å². The number of nitrogens with two attached hydrogens (primary N) is 1. The number of hydrogen-bond acceptors (Lipinski definition) is 3. The Hall–Kier alpha value is -1.39. The number of hydrogen-bond donors (Lipinski definition) is 1. The average Bonchev–Trinajstić information content (AvgIpc) is 2.94. The highest BCUT2D eigenvalue weighted by molar-refractivity contribution is 5.97. The normalized spacial score (nSPS) is 25.6. The summed E-state index contributed by atoms with van der Waals surface area (Å²) in [6.45, 7) is 3.36. The number of rotatable bonds is 2. The van der Waals surface area contributed by atoms with Gasteiger partial charge < -0.3 is 15.4 Å². The number of nitrogens with zero attached hydrogens (tertiary/aromatic N) is 1. The largest absolute Gasteiger partial charge is 0.364 e. The molecule has 0 unspecified atom stereocenters. The first-order valence-electron chi connectivity index (χ1n) is 7.45. The van der Waals surface area contributed by atoms with Crippen molar-refractivity contribution in [3.05, 3.63) is 29.3 Å². The molecule has 0 spiro atoms. The Morgan fingerprint density at radius 3 is 3.05 bits per heavy atom. The van der Waals surface area contributed by atoms with Gasteiger partial charge in [0.1, 0.15) is 6.10 Å². The van der Waals surface area contributed by atoms with Crippen LogP contribution in [0, 0.1) is 6.92 Å². The minimum Gasteiger partial charge on any atom is -0.364 e. The molecule has 1 aromatic rings. The molecule has 108 valence electrons. The first-order chi connectivity index (χ1) is 9.69. The molecule has 2 aliphatic rings. The third-order valence-corrected chi connectivity index (χ3v) is 4.27. The van der Waals surface area contributed by atoms with Crippen molar-refractivity contribution in [2.24, 2.45) is 5.73 Å². The standard InChI is InChI=1S/C16H22N2O2/c1-11-4-5-12-3-2-8-18(14(12)9-11)16(19)15-7-6-13(10-17)20-15/h4-5,9,13,15H,2-3,6-8,10,17H2,1H3/t13-,15+/m1/s1. The van der Waals surface area contributed by atoms with Crippen molar-refractivity contribution >= 4 is 11.6 Å². The van der Waals surface area contributed by atoms with Crippen LogP contribution >= 0.6 is 0 Å². The molecule has 0 aliphatic carbocycles. The van der Waals surface area contributed by atoms with Gasteiger partial charge in [-0.25, -0.2) is 0 Å². The quantitative estimate of drug-likeness (QED) is 0.894. The molecule has 0 saturated carbocycles. The second kappa shape index (κ2) is 5.54. The van der Waals surface area contributed by atoms with Crippen LogP contribution in [-0.2, 0) is 16.0 Å². The van der Waals surface area contributed by atoms with Gasteiger partial charge in [0.15, 0.2) is 0 Å². The van der Waals surface area contributed by atoms with Crippen LogP contribution in [0.1, 0.15) is 30.4 Å². The van der Waals surface area contributed by atoms with Crippen LogP contribution in [-0.4, -0.2) is 31.2 Å². The van der Waals surface area contributed by atoms with Crippen LogP contribution in [0.4, 0.5) is 5.69 Å². The van der Waals surface area contributed by atoms with E-state index in [4.69, 9.17) is 10.5 Å². The molecule has 0 aromatic heterocycles. The molecular weight excluding hydrogens is 252 g/mol. The van der Waals surface area contributed by atoms with Gasteiger partial charge in [0, 0.05) is 18.8 Å². The number of ether oxygens (including phenoxy) is 1. The molecule has 0 bridgehead atoms. The zero-order valence-electron chi connectivity index (χ0n) is 12.0. The van der Waals surface area contributed by atoms with E-state index in [0.717, 1.165) is 37.9 Å². The molecule has 4 heteroatoms. The van der Waals surface area contributed by atoms with Crippen LogP contribution in [0.5, 0.6) is 0 Å². The van der Waals surface area contributed by atoms with Gasteiger partial charge in [0.25, 0.3) is 5.91 Å². The molecular formula is C16H22N2O2. The van der Waals surface area contributed by atoms with E-state index in [1.165, 1.54) is 11.1 Å². The fraction of sp³-hybridized carbons (Fsp3) is 0.562. The van der Waals surface area contributed by atoms with Crippen molar-refractivity contribution < 1.29 is 9.53 Å². The lowest BCUT2D eigenvalue weighted by molar-refractivity contribution is -0.129. The molecule has 3 rings (SSSR count). The second-order valence-corrected chi connectivity index (χ2v) is 5.79. The number of benzene rings is 1. The van der Waals surface area contributed by atoms with Gasteiger partial charge in [-0.3, -0.25) is 4.79 Å². The summed E-state index contributed by atoms with van der Waals surface area (Å²) in [5.41, 5.74) is 9.15. The molecule has 1 fully saturated rings. The van der Waals surface area contributed by atoms with E-state index in [1.807, 2.05) is 4.90 Å². The molecule has 2 N–H and O–H groups in total. The molecule has 2 aliphatic heterocycles. The van der Waals surface area contributed by atoms with Gasteiger partial charge in [-0.2, -0.15) is 0 Å². The van der Waals surface area contributed by atoms with E-state index < -0.39 is 0 Å². The van der Waals surface area contributed by atoms with Crippen LogP contribution in [0.2, 0.25) is 0 Å². The Morgan fingerprint density at radius 2 is 2.30 bits per heavy atom. The van der Waals surface area contributed by atoms with E-state index in [-0.39, 0.29) is 18.1 Å². The van der Waals surface area contributed by atoms with Gasteiger partial charge in [-0.15, -0.1) is 0 Å². The summed E-state index contributed by atoms with van der Waals surface area (Å²) in [6, 6.07) is 6.37. The number of carbonyl (C=O) groups excluding carboxylic acids is 1. The molecule has 4 nitrogen and oxygen atoms in total. The molecule has 2 atom stereocenters. The lowest BCUT2D eigenvalue weighted by Crippen LogP contribution is -2.42. The van der Waals surface area contributed by atoms with E-state index in [9.17, 15) is 4.79 Å². The maximum absolute atomic E-state index is 12.7. The number of amides is 1. The predicted molar refractivity (Wildman–Crippen MR) is 78.8 cm³/mol. The Labute approximate surface area is 119 Å². The highest BCUT2D eigenvalue weighted by Crippen LogP contribution is 2.31. The zero-order chi connectivity index (χ0) is 14.1. The Kier molecular flexibility index (Phi) is 3.76. The first-order valence-corrected chi connectivity index (χ1v) is 7.45. The molecule has 20 heavy (non-hydrogen) atoms. The van der Waals surface area contributed by atoms with Gasteiger partial charge in [-0.1, -0.05) is 12.1 Å². The van der Waals surface area contributed by atoms with Gasteiger partial charge in [0.05, 0.1) is 6.10 Å². The summed E-state index contributed by atoms with van der Waals surface area (Å²) in [6.07, 6.45) is 3.49. The van der Waals surface area contributed by atoms with E-state index in [0.29, 0.717) is 6.54 Å². The first kappa shape index (κ1) is 13.6. The molecule has 2 heterocycles. The molecule has 1 aromatic carbocycles. The van der Waals surface area contributed by atoms with E-state index >= 15 is 0 Å². The van der Waals surface area contributed by atoms with E-state index in [2.05, 4.69) is 25.1 Å². The smallest absolute Gasteiger partial charge is 0.256 e. The number of carbonyl (C=O) groups is 1. The lowest BCUT2D eigenvalue weighted by Gasteiger charge is -2.31.